The van der Waals surface area contributed by atoms with Crippen LogP contribution in [0, 0.1) is 0 Å². The van der Waals surface area contributed by atoms with Crippen LogP contribution in [-0.4, -0.2) is 5.91 Å². The molecule has 1 aliphatic heterocycles. The molecule has 0 radical (unpaired) electrons. The van der Waals surface area contributed by atoms with Crippen LogP contribution in [0.1, 0.15) is 47.7 Å². The number of amides is 1. The second-order valence-electron chi connectivity index (χ2n) is 5.63. The van der Waals surface area contributed by atoms with E-state index in [1.165, 1.54) is 5.56 Å². The molecule has 1 aliphatic rings. The smallest absolute Gasteiger partial charge is 0.259 e. The van der Waals surface area contributed by atoms with Gasteiger partial charge in [0.25, 0.3) is 5.91 Å². The number of anilines is 2. The Bertz CT molecular complexity index is 693. The van der Waals surface area contributed by atoms with E-state index in [0.717, 1.165) is 23.2 Å². The van der Waals surface area contributed by atoms with Crippen molar-refractivity contribution in [2.75, 3.05) is 10.6 Å². The lowest BCUT2D eigenvalue weighted by atomic mass is 9.96. The topological polar surface area (TPSA) is 46.3 Å². The van der Waals surface area contributed by atoms with Gasteiger partial charge in [0.2, 0.25) is 0 Å². The molecule has 2 N–H and O–H groups in total. The van der Waals surface area contributed by atoms with Gasteiger partial charge in [-0.05, 0) is 36.1 Å². The van der Waals surface area contributed by atoms with Crippen LogP contribution in [-0.2, 0) is 6.54 Å². The average Bonchev–Trinajstić information content (AvgIpc) is 2.85. The second kappa shape index (κ2) is 5.24. The number of rotatable bonds is 3. The molecule has 3 heteroatoms. The fraction of sp³-hybridized carbons (Fsp3) is 0.278. The van der Waals surface area contributed by atoms with E-state index in [0.29, 0.717) is 18.2 Å². The van der Waals surface area contributed by atoms with Crippen LogP contribution in [0.3, 0.4) is 0 Å². The number of carbonyl (C=O) groups excluding carboxylic acids is 1. The molecule has 0 aromatic heterocycles. The standard InChI is InChI=1S/C18H20N2O/c1-3-12(2)13-7-4-5-10-17(13)20-11-15-14(18(20)21)8-6-9-16(15)19/h4-10,12H,3,11,19H2,1-2H3. The van der Waals surface area contributed by atoms with Crippen molar-refractivity contribution in [2.24, 2.45) is 0 Å². The van der Waals surface area contributed by atoms with Gasteiger partial charge in [-0.25, -0.2) is 0 Å². The fourth-order valence-electron chi connectivity index (χ4n) is 2.92. The number of hydrogen-bond donors (Lipinski definition) is 1. The minimum Gasteiger partial charge on any atom is -0.398 e. The lowest BCUT2D eigenvalue weighted by molar-refractivity contribution is 0.0996. The third-order valence-corrected chi connectivity index (χ3v) is 4.37. The van der Waals surface area contributed by atoms with Crippen molar-refractivity contribution in [1.29, 1.82) is 0 Å². The van der Waals surface area contributed by atoms with E-state index in [9.17, 15) is 4.79 Å². The summed E-state index contributed by atoms with van der Waals surface area (Å²) in [4.78, 5) is 14.5. The van der Waals surface area contributed by atoms with Crippen molar-refractivity contribution in [3.63, 3.8) is 0 Å². The van der Waals surface area contributed by atoms with Crippen molar-refractivity contribution in [1.82, 2.24) is 0 Å². The van der Waals surface area contributed by atoms with Crippen LogP contribution < -0.4 is 10.6 Å². The average molecular weight is 280 g/mol. The van der Waals surface area contributed by atoms with Crippen molar-refractivity contribution < 1.29 is 4.79 Å². The maximum atomic E-state index is 12.7. The molecule has 0 bridgehead atoms. The van der Waals surface area contributed by atoms with Crippen LogP contribution in [0.2, 0.25) is 0 Å². The monoisotopic (exact) mass is 280 g/mol. The molecule has 21 heavy (non-hydrogen) atoms. The number of nitrogens with two attached hydrogens (primary N) is 1. The SMILES string of the molecule is CCC(C)c1ccccc1N1Cc2c(N)cccc2C1=O. The van der Waals surface area contributed by atoms with Gasteiger partial charge in [-0.3, -0.25) is 4.79 Å². The summed E-state index contributed by atoms with van der Waals surface area (Å²) in [5.74, 6) is 0.475. The second-order valence-corrected chi connectivity index (χ2v) is 5.63. The Kier molecular flexibility index (Phi) is 3.42. The maximum absolute atomic E-state index is 12.7. The van der Waals surface area contributed by atoms with E-state index in [4.69, 9.17) is 5.73 Å². The predicted octanol–water partition coefficient (Wildman–Crippen LogP) is 3.94. The zero-order valence-corrected chi connectivity index (χ0v) is 12.5. The number of carbonyl (C=O) groups is 1. The first kappa shape index (κ1) is 13.7. The molecule has 3 rings (SSSR count). The molecule has 1 unspecified atom stereocenters. The van der Waals surface area contributed by atoms with Crippen molar-refractivity contribution >= 4 is 17.3 Å². The minimum absolute atomic E-state index is 0.0491. The summed E-state index contributed by atoms with van der Waals surface area (Å²) in [6, 6.07) is 13.7. The summed E-state index contributed by atoms with van der Waals surface area (Å²) in [5, 5.41) is 0. The molecule has 0 saturated heterocycles. The van der Waals surface area contributed by atoms with Crippen molar-refractivity contribution in [3.05, 3.63) is 59.2 Å². The Morgan fingerprint density at radius 1 is 1.19 bits per heavy atom. The van der Waals surface area contributed by atoms with Gasteiger partial charge >= 0.3 is 0 Å². The number of para-hydroxylation sites is 1. The highest BCUT2D eigenvalue weighted by molar-refractivity contribution is 6.11. The summed E-state index contributed by atoms with van der Waals surface area (Å²) in [7, 11) is 0. The number of fused-ring (bicyclic) bond motifs is 1. The van der Waals surface area contributed by atoms with E-state index in [2.05, 4.69) is 19.9 Å². The highest BCUT2D eigenvalue weighted by Crippen LogP contribution is 2.36. The third-order valence-electron chi connectivity index (χ3n) is 4.37. The Morgan fingerprint density at radius 2 is 1.95 bits per heavy atom. The van der Waals surface area contributed by atoms with Gasteiger partial charge < -0.3 is 10.6 Å². The quantitative estimate of drug-likeness (QED) is 0.865. The zero-order valence-electron chi connectivity index (χ0n) is 12.5. The molecule has 0 saturated carbocycles. The van der Waals surface area contributed by atoms with E-state index in [1.54, 1.807) is 0 Å². The summed E-state index contributed by atoms with van der Waals surface area (Å²) >= 11 is 0. The molecule has 0 aliphatic carbocycles. The van der Waals surface area contributed by atoms with E-state index >= 15 is 0 Å². The Balaban J connectivity index is 2.05. The fourth-order valence-corrected chi connectivity index (χ4v) is 2.92. The van der Waals surface area contributed by atoms with Crippen LogP contribution in [0.5, 0.6) is 0 Å². The lowest BCUT2D eigenvalue weighted by Gasteiger charge is -2.22. The molecule has 2 aromatic rings. The minimum atomic E-state index is 0.0491. The van der Waals surface area contributed by atoms with Gasteiger partial charge in [-0.15, -0.1) is 0 Å². The first-order valence-electron chi connectivity index (χ1n) is 7.41. The summed E-state index contributed by atoms with van der Waals surface area (Å²) in [6.07, 6.45) is 1.05. The van der Waals surface area contributed by atoms with E-state index in [-0.39, 0.29) is 5.91 Å². The van der Waals surface area contributed by atoms with Gasteiger partial charge in [0.1, 0.15) is 0 Å². The van der Waals surface area contributed by atoms with Crippen LogP contribution in [0.4, 0.5) is 11.4 Å². The first-order chi connectivity index (χ1) is 10.1. The van der Waals surface area contributed by atoms with Crippen LogP contribution >= 0.6 is 0 Å². The lowest BCUT2D eigenvalue weighted by Crippen LogP contribution is -2.24. The zero-order chi connectivity index (χ0) is 15.0. The molecular weight excluding hydrogens is 260 g/mol. The molecule has 1 heterocycles. The molecule has 1 amide bonds. The van der Waals surface area contributed by atoms with Gasteiger partial charge in [0.05, 0.1) is 6.54 Å². The highest BCUT2D eigenvalue weighted by atomic mass is 16.2. The molecule has 0 spiro atoms. The molecular formula is C18H20N2O. The van der Waals surface area contributed by atoms with Gasteiger partial charge in [-0.2, -0.15) is 0 Å². The van der Waals surface area contributed by atoms with Crippen LogP contribution in [0.15, 0.2) is 42.5 Å². The third kappa shape index (κ3) is 2.19. The predicted molar refractivity (Wildman–Crippen MR) is 86.5 cm³/mol. The Hall–Kier alpha value is -2.29. The van der Waals surface area contributed by atoms with Gasteiger partial charge in [0, 0.05) is 22.5 Å². The molecule has 1 atom stereocenters. The number of hydrogen-bond acceptors (Lipinski definition) is 2. The Labute approximate surface area is 125 Å². The van der Waals surface area contributed by atoms with Crippen molar-refractivity contribution in [3.8, 4) is 0 Å². The van der Waals surface area contributed by atoms with Crippen LogP contribution in [0.25, 0.3) is 0 Å². The maximum Gasteiger partial charge on any atom is 0.259 e. The van der Waals surface area contributed by atoms with E-state index < -0.39 is 0 Å². The van der Waals surface area contributed by atoms with Crippen molar-refractivity contribution in [2.45, 2.75) is 32.7 Å². The summed E-state index contributed by atoms with van der Waals surface area (Å²) < 4.78 is 0. The summed E-state index contributed by atoms with van der Waals surface area (Å²) in [5.41, 5.74) is 10.6. The number of benzene rings is 2. The largest absolute Gasteiger partial charge is 0.398 e. The molecule has 108 valence electrons. The Morgan fingerprint density at radius 3 is 2.67 bits per heavy atom. The summed E-state index contributed by atoms with van der Waals surface area (Å²) in [6.45, 7) is 4.93. The molecule has 3 nitrogen and oxygen atoms in total. The number of nitrogen functional groups attached to an aromatic ring is 1. The molecule has 0 fully saturated rings. The van der Waals surface area contributed by atoms with Gasteiger partial charge in [0.15, 0.2) is 0 Å². The highest BCUT2D eigenvalue weighted by Gasteiger charge is 2.31. The first-order valence-corrected chi connectivity index (χ1v) is 7.41. The van der Waals surface area contributed by atoms with Gasteiger partial charge in [-0.1, -0.05) is 38.1 Å². The molecule has 2 aromatic carbocycles. The number of nitrogens with zero attached hydrogens (tertiary/aromatic N) is 1. The van der Waals surface area contributed by atoms with E-state index in [1.807, 2.05) is 41.3 Å². The normalized spacial score (nSPS) is 15.1.